The molecule has 1 aliphatic carbocycles. The second-order valence-electron chi connectivity index (χ2n) is 9.80. The minimum atomic E-state index is -0.741. The van der Waals surface area contributed by atoms with Crippen LogP contribution in [0.5, 0.6) is 5.75 Å². The molecule has 1 saturated carbocycles. The number of hydrogen-bond acceptors (Lipinski definition) is 4. The normalized spacial score (nSPS) is 17.5. The van der Waals surface area contributed by atoms with Crippen molar-refractivity contribution in [1.82, 2.24) is 14.5 Å². The molecule has 2 aromatic carbocycles. The van der Waals surface area contributed by atoms with Gasteiger partial charge in [-0.05, 0) is 75.2 Å². The monoisotopic (exact) mass is 449 g/mol. The van der Waals surface area contributed by atoms with Crippen molar-refractivity contribution in [2.45, 2.75) is 64.6 Å². The van der Waals surface area contributed by atoms with Gasteiger partial charge in [-0.25, -0.2) is 4.98 Å². The molecular formula is C27H35N3O3. The Morgan fingerprint density at radius 2 is 1.85 bits per heavy atom. The number of carboxylic acids is 1. The van der Waals surface area contributed by atoms with Crippen molar-refractivity contribution >= 4 is 16.7 Å². The van der Waals surface area contributed by atoms with Gasteiger partial charge in [0, 0.05) is 24.5 Å². The highest BCUT2D eigenvalue weighted by Crippen LogP contribution is 2.39. The highest BCUT2D eigenvalue weighted by atomic mass is 16.5. The molecule has 6 nitrogen and oxygen atoms in total. The average Bonchev–Trinajstić information content (AvgIpc) is 3.50. The minimum absolute atomic E-state index is 0.137. The molecule has 3 aromatic rings. The zero-order chi connectivity index (χ0) is 23.6. The predicted octanol–water partition coefficient (Wildman–Crippen LogP) is 5.38. The summed E-state index contributed by atoms with van der Waals surface area (Å²) in [6, 6.07) is 13.4. The van der Waals surface area contributed by atoms with Crippen LogP contribution in [0.3, 0.4) is 0 Å². The van der Waals surface area contributed by atoms with Gasteiger partial charge in [-0.2, -0.15) is 0 Å². The molecule has 0 unspecified atom stereocenters. The summed E-state index contributed by atoms with van der Waals surface area (Å²) in [7, 11) is 2.16. The van der Waals surface area contributed by atoms with Crippen LogP contribution < -0.4 is 4.74 Å². The number of likely N-dealkylation sites (N-methyl/N-ethyl adjacent to an activating group) is 1. The molecule has 2 atom stereocenters. The van der Waals surface area contributed by atoms with Gasteiger partial charge in [0.15, 0.2) is 0 Å². The lowest BCUT2D eigenvalue weighted by Gasteiger charge is -2.35. The third kappa shape index (κ3) is 4.76. The van der Waals surface area contributed by atoms with Crippen molar-refractivity contribution in [2.75, 3.05) is 13.7 Å². The largest absolute Gasteiger partial charge is 0.492 e. The number of imidazole rings is 1. The second kappa shape index (κ2) is 9.56. The molecule has 33 heavy (non-hydrogen) atoms. The van der Waals surface area contributed by atoms with Crippen LogP contribution in [0.15, 0.2) is 55.1 Å². The van der Waals surface area contributed by atoms with Crippen molar-refractivity contribution in [1.29, 1.82) is 0 Å². The first kappa shape index (κ1) is 23.3. The number of nitrogens with zero attached hydrogens (tertiary/aromatic N) is 3. The lowest BCUT2D eigenvalue weighted by Crippen LogP contribution is -2.41. The zero-order valence-corrected chi connectivity index (χ0v) is 20.1. The predicted molar refractivity (Wildman–Crippen MR) is 131 cm³/mol. The first-order valence-corrected chi connectivity index (χ1v) is 11.9. The van der Waals surface area contributed by atoms with E-state index in [0.717, 1.165) is 29.4 Å². The third-order valence-corrected chi connectivity index (χ3v) is 7.47. The molecular weight excluding hydrogens is 414 g/mol. The Bertz CT molecular complexity index is 1090. The molecule has 0 amide bonds. The first-order valence-electron chi connectivity index (χ1n) is 11.9. The van der Waals surface area contributed by atoms with Crippen molar-refractivity contribution in [2.24, 2.45) is 5.41 Å². The standard InChI is InChI=1S/C27H35N3O3/c1-19(2)29(4)20(3)25(30-14-13-28-18-30)23-8-7-22-16-24(10-9-21(22)15-23)33-17-27(26(31)32)11-5-6-12-27/h7-10,13-16,18-20,25H,5-6,11-12,17H2,1-4H3,(H,31,32)/t20-,25+/m1/s1. The van der Waals surface area contributed by atoms with Gasteiger partial charge in [-0.1, -0.05) is 31.0 Å². The van der Waals surface area contributed by atoms with Crippen molar-refractivity contribution in [3.8, 4) is 5.75 Å². The van der Waals surface area contributed by atoms with E-state index in [2.05, 4.69) is 66.5 Å². The Kier molecular flexibility index (Phi) is 6.75. The van der Waals surface area contributed by atoms with Gasteiger partial charge in [0.05, 0.1) is 12.4 Å². The van der Waals surface area contributed by atoms with E-state index >= 15 is 0 Å². The maximum absolute atomic E-state index is 11.8. The molecule has 1 fully saturated rings. The van der Waals surface area contributed by atoms with E-state index < -0.39 is 11.4 Å². The summed E-state index contributed by atoms with van der Waals surface area (Å²) < 4.78 is 8.17. The van der Waals surface area contributed by atoms with Gasteiger partial charge in [-0.3, -0.25) is 9.69 Å². The van der Waals surface area contributed by atoms with Crippen LogP contribution in [0.2, 0.25) is 0 Å². The fraction of sp³-hybridized carbons (Fsp3) is 0.481. The van der Waals surface area contributed by atoms with Crippen LogP contribution in [0.25, 0.3) is 10.8 Å². The lowest BCUT2D eigenvalue weighted by atomic mass is 9.87. The Morgan fingerprint density at radius 3 is 2.48 bits per heavy atom. The Labute approximate surface area is 196 Å². The number of carbonyl (C=O) groups is 1. The van der Waals surface area contributed by atoms with Crippen molar-refractivity contribution < 1.29 is 14.6 Å². The summed E-state index contributed by atoms with van der Waals surface area (Å²) in [5, 5.41) is 11.9. The fourth-order valence-electron chi connectivity index (χ4n) is 5.04. The SMILES string of the molecule is CC(C)N(C)[C@H](C)[C@@H](c1ccc2cc(OCC3(C(=O)O)CCCC3)ccc2c1)n1ccnc1. The highest BCUT2D eigenvalue weighted by Gasteiger charge is 2.42. The van der Waals surface area contributed by atoms with Crippen molar-refractivity contribution in [3.05, 3.63) is 60.7 Å². The molecule has 176 valence electrons. The zero-order valence-electron chi connectivity index (χ0n) is 20.1. The van der Waals surface area contributed by atoms with Gasteiger partial charge in [-0.15, -0.1) is 0 Å². The molecule has 1 N–H and O–H groups in total. The number of rotatable bonds is 9. The minimum Gasteiger partial charge on any atom is -0.492 e. The van der Waals surface area contributed by atoms with E-state index in [-0.39, 0.29) is 18.7 Å². The molecule has 0 aliphatic heterocycles. The maximum Gasteiger partial charge on any atom is 0.313 e. The van der Waals surface area contributed by atoms with Crippen LogP contribution in [-0.4, -0.2) is 51.3 Å². The van der Waals surface area contributed by atoms with Crippen LogP contribution in [0.4, 0.5) is 0 Å². The van der Waals surface area contributed by atoms with Crippen LogP contribution in [0.1, 0.15) is 58.1 Å². The molecule has 0 spiro atoms. The molecule has 0 radical (unpaired) electrons. The van der Waals surface area contributed by atoms with Gasteiger partial charge in [0.25, 0.3) is 0 Å². The fourth-order valence-corrected chi connectivity index (χ4v) is 5.04. The lowest BCUT2D eigenvalue weighted by molar-refractivity contribution is -0.150. The maximum atomic E-state index is 11.8. The summed E-state index contributed by atoms with van der Waals surface area (Å²) in [6.07, 6.45) is 9.04. The summed E-state index contributed by atoms with van der Waals surface area (Å²) in [5.74, 6) is -0.0155. The summed E-state index contributed by atoms with van der Waals surface area (Å²) >= 11 is 0. The second-order valence-corrected chi connectivity index (χ2v) is 9.80. The van der Waals surface area contributed by atoms with E-state index in [0.29, 0.717) is 18.9 Å². The number of benzene rings is 2. The van der Waals surface area contributed by atoms with Crippen LogP contribution >= 0.6 is 0 Å². The highest BCUT2D eigenvalue weighted by molar-refractivity contribution is 5.84. The summed E-state index contributed by atoms with van der Waals surface area (Å²) in [6.45, 7) is 6.91. The average molecular weight is 450 g/mol. The van der Waals surface area contributed by atoms with Crippen LogP contribution in [-0.2, 0) is 4.79 Å². The van der Waals surface area contributed by atoms with Gasteiger partial charge >= 0.3 is 5.97 Å². The molecule has 1 aliphatic rings. The smallest absolute Gasteiger partial charge is 0.313 e. The molecule has 1 aromatic heterocycles. The summed E-state index contributed by atoms with van der Waals surface area (Å²) in [5.41, 5.74) is 0.486. The topological polar surface area (TPSA) is 67.6 Å². The quantitative estimate of drug-likeness (QED) is 0.475. The number of carboxylic acid groups (broad SMARTS) is 1. The Morgan fingerprint density at radius 1 is 1.15 bits per heavy atom. The van der Waals surface area contributed by atoms with E-state index in [1.165, 1.54) is 5.56 Å². The molecule has 6 heteroatoms. The number of aromatic nitrogens is 2. The molecule has 1 heterocycles. The number of fused-ring (bicyclic) bond motifs is 1. The third-order valence-electron chi connectivity index (χ3n) is 7.47. The number of aliphatic carboxylic acids is 1. The van der Waals surface area contributed by atoms with E-state index in [9.17, 15) is 9.90 Å². The van der Waals surface area contributed by atoms with E-state index in [1.807, 2.05) is 30.9 Å². The molecule has 0 bridgehead atoms. The Balaban J connectivity index is 1.59. The molecule has 0 saturated heterocycles. The summed E-state index contributed by atoms with van der Waals surface area (Å²) in [4.78, 5) is 18.5. The number of hydrogen-bond donors (Lipinski definition) is 1. The first-order chi connectivity index (χ1) is 15.8. The van der Waals surface area contributed by atoms with E-state index in [4.69, 9.17) is 4.74 Å². The van der Waals surface area contributed by atoms with E-state index in [1.54, 1.807) is 0 Å². The number of ether oxygens (including phenoxy) is 1. The van der Waals surface area contributed by atoms with Gasteiger partial charge < -0.3 is 14.4 Å². The van der Waals surface area contributed by atoms with Crippen molar-refractivity contribution in [3.63, 3.8) is 0 Å². The van der Waals surface area contributed by atoms with Gasteiger partial charge in [0.1, 0.15) is 17.8 Å². The Hall–Kier alpha value is -2.86. The van der Waals surface area contributed by atoms with Crippen LogP contribution in [0, 0.1) is 5.41 Å². The van der Waals surface area contributed by atoms with Gasteiger partial charge in [0.2, 0.25) is 0 Å². The molecule has 4 rings (SSSR count).